The Bertz CT molecular complexity index is 313. The summed E-state index contributed by atoms with van der Waals surface area (Å²) in [7, 11) is 0. The predicted octanol–water partition coefficient (Wildman–Crippen LogP) is 2.10. The van der Waals surface area contributed by atoms with Crippen LogP contribution in [0.5, 0.6) is 0 Å². The second kappa shape index (κ2) is 6.02. The predicted molar refractivity (Wildman–Crippen MR) is 50.2 cm³/mol. The van der Waals surface area contributed by atoms with Crippen LogP contribution in [0.15, 0.2) is 23.0 Å². The van der Waals surface area contributed by atoms with Crippen LogP contribution in [0.3, 0.4) is 0 Å². The molecule has 1 N–H and O–H groups in total. The maximum absolute atomic E-state index is 12.4. The summed E-state index contributed by atoms with van der Waals surface area (Å²) in [5.74, 6) is -4.19. The quantitative estimate of drug-likeness (QED) is 0.760. The molecule has 0 bridgehead atoms. The molecule has 1 aromatic rings. The molecule has 1 aromatic heterocycles. The van der Waals surface area contributed by atoms with Crippen molar-refractivity contribution in [2.24, 2.45) is 0 Å². The fraction of sp³-hybridized carbons (Fsp3) is 0.600. The van der Waals surface area contributed by atoms with Crippen LogP contribution in [0.1, 0.15) is 5.56 Å². The molecule has 0 aliphatic carbocycles. The standard InChI is InChI=1S/C10H12F4O3/c11-9(12)10(13,14)6-17-5-8(15)3-7-1-2-16-4-7/h1-2,4,8-9,15H,3,5-6H2. The second-order valence-electron chi connectivity index (χ2n) is 3.57. The van der Waals surface area contributed by atoms with E-state index in [0.717, 1.165) is 0 Å². The van der Waals surface area contributed by atoms with E-state index >= 15 is 0 Å². The third kappa shape index (κ3) is 4.74. The van der Waals surface area contributed by atoms with E-state index in [-0.39, 0.29) is 6.42 Å². The van der Waals surface area contributed by atoms with E-state index in [0.29, 0.717) is 5.56 Å². The second-order valence-corrected chi connectivity index (χ2v) is 3.57. The molecule has 7 heteroatoms. The Kier molecular flexibility index (Phi) is 4.95. The highest BCUT2D eigenvalue weighted by Gasteiger charge is 2.41. The zero-order valence-corrected chi connectivity index (χ0v) is 8.78. The van der Waals surface area contributed by atoms with E-state index in [4.69, 9.17) is 4.42 Å². The van der Waals surface area contributed by atoms with Crippen molar-refractivity contribution in [2.45, 2.75) is 24.9 Å². The molecule has 17 heavy (non-hydrogen) atoms. The van der Waals surface area contributed by atoms with Gasteiger partial charge in [-0.05, 0) is 11.6 Å². The highest BCUT2D eigenvalue weighted by Crippen LogP contribution is 2.22. The van der Waals surface area contributed by atoms with E-state index in [1.54, 1.807) is 6.07 Å². The third-order valence-electron chi connectivity index (χ3n) is 1.98. The van der Waals surface area contributed by atoms with Crippen molar-refractivity contribution in [3.05, 3.63) is 24.2 Å². The normalized spacial score (nSPS) is 14.2. The molecule has 0 radical (unpaired) electrons. The van der Waals surface area contributed by atoms with Gasteiger partial charge in [0.15, 0.2) is 0 Å². The number of hydrogen-bond donors (Lipinski definition) is 1. The first-order valence-corrected chi connectivity index (χ1v) is 4.84. The van der Waals surface area contributed by atoms with Crippen LogP contribution in [-0.4, -0.2) is 36.8 Å². The summed E-state index contributed by atoms with van der Waals surface area (Å²) in [6.45, 7) is -1.85. The van der Waals surface area contributed by atoms with Crippen molar-refractivity contribution >= 4 is 0 Å². The van der Waals surface area contributed by atoms with Gasteiger partial charge in [-0.3, -0.25) is 0 Å². The average molecular weight is 256 g/mol. The first-order valence-electron chi connectivity index (χ1n) is 4.84. The van der Waals surface area contributed by atoms with Crippen LogP contribution in [0.2, 0.25) is 0 Å². The Hall–Kier alpha value is -1.08. The van der Waals surface area contributed by atoms with Gasteiger partial charge >= 0.3 is 12.3 Å². The zero-order chi connectivity index (χ0) is 12.9. The number of halogens is 4. The minimum absolute atomic E-state index is 0.150. The topological polar surface area (TPSA) is 42.6 Å². The Morgan fingerprint density at radius 1 is 1.41 bits per heavy atom. The summed E-state index contributed by atoms with van der Waals surface area (Å²) in [6.07, 6.45) is -1.88. The van der Waals surface area contributed by atoms with E-state index in [2.05, 4.69) is 4.74 Å². The SMILES string of the molecule is OC(COCC(F)(F)C(F)F)Cc1ccoc1. The van der Waals surface area contributed by atoms with E-state index in [1.165, 1.54) is 12.5 Å². The van der Waals surface area contributed by atoms with Crippen molar-refractivity contribution in [1.82, 2.24) is 0 Å². The van der Waals surface area contributed by atoms with Crippen LogP contribution < -0.4 is 0 Å². The van der Waals surface area contributed by atoms with Gasteiger partial charge in [0.05, 0.1) is 25.2 Å². The molecule has 0 spiro atoms. The summed E-state index contributed by atoms with van der Waals surface area (Å²) in [4.78, 5) is 0. The summed E-state index contributed by atoms with van der Waals surface area (Å²) in [6, 6.07) is 1.59. The molecule has 0 aliphatic rings. The molecule has 0 saturated carbocycles. The Labute approximate surface area is 95.0 Å². The summed E-state index contributed by atoms with van der Waals surface area (Å²) < 4.78 is 57.4. The maximum Gasteiger partial charge on any atom is 0.330 e. The lowest BCUT2D eigenvalue weighted by Gasteiger charge is -2.16. The van der Waals surface area contributed by atoms with Gasteiger partial charge in [-0.1, -0.05) is 0 Å². The average Bonchev–Trinajstić information content (AvgIpc) is 2.69. The molecule has 0 aliphatic heterocycles. The summed E-state index contributed by atoms with van der Waals surface area (Å²) in [5.41, 5.74) is 0.668. The lowest BCUT2D eigenvalue weighted by Crippen LogP contribution is -2.34. The smallest absolute Gasteiger partial charge is 0.330 e. The number of aliphatic hydroxyl groups excluding tert-OH is 1. The van der Waals surface area contributed by atoms with E-state index in [9.17, 15) is 22.7 Å². The first-order chi connectivity index (χ1) is 7.92. The molecule has 1 atom stereocenters. The third-order valence-corrected chi connectivity index (χ3v) is 1.98. The molecular weight excluding hydrogens is 244 g/mol. The molecular formula is C10H12F4O3. The molecule has 1 rings (SSSR count). The monoisotopic (exact) mass is 256 g/mol. The van der Waals surface area contributed by atoms with E-state index < -0.39 is 31.7 Å². The molecule has 1 unspecified atom stereocenters. The number of furan rings is 1. The molecule has 0 saturated heterocycles. The molecule has 0 fully saturated rings. The van der Waals surface area contributed by atoms with Crippen LogP contribution in [0.4, 0.5) is 17.6 Å². The van der Waals surface area contributed by atoms with Crippen molar-refractivity contribution in [3.63, 3.8) is 0 Å². The highest BCUT2D eigenvalue weighted by molar-refractivity contribution is 5.06. The van der Waals surface area contributed by atoms with Crippen LogP contribution in [0, 0.1) is 0 Å². The van der Waals surface area contributed by atoms with E-state index in [1.807, 2.05) is 0 Å². The van der Waals surface area contributed by atoms with Crippen LogP contribution >= 0.6 is 0 Å². The van der Waals surface area contributed by atoms with Gasteiger partial charge in [0, 0.05) is 6.42 Å². The Morgan fingerprint density at radius 3 is 2.65 bits per heavy atom. The fourth-order valence-corrected chi connectivity index (χ4v) is 1.13. The number of aliphatic hydroxyl groups is 1. The van der Waals surface area contributed by atoms with Crippen molar-refractivity contribution < 1.29 is 31.8 Å². The fourth-order valence-electron chi connectivity index (χ4n) is 1.13. The van der Waals surface area contributed by atoms with Gasteiger partial charge in [0.25, 0.3) is 0 Å². The van der Waals surface area contributed by atoms with Crippen LogP contribution in [0.25, 0.3) is 0 Å². The van der Waals surface area contributed by atoms with Crippen LogP contribution in [-0.2, 0) is 11.2 Å². The number of ether oxygens (including phenoxy) is 1. The van der Waals surface area contributed by atoms with Crippen molar-refractivity contribution in [3.8, 4) is 0 Å². The molecule has 0 aromatic carbocycles. The molecule has 98 valence electrons. The van der Waals surface area contributed by atoms with Gasteiger partial charge in [-0.25, -0.2) is 8.78 Å². The highest BCUT2D eigenvalue weighted by atomic mass is 19.3. The number of alkyl halides is 4. The number of rotatable bonds is 7. The first kappa shape index (κ1) is 14.0. The largest absolute Gasteiger partial charge is 0.472 e. The van der Waals surface area contributed by atoms with Gasteiger partial charge < -0.3 is 14.3 Å². The minimum atomic E-state index is -4.19. The maximum atomic E-state index is 12.4. The molecule has 3 nitrogen and oxygen atoms in total. The molecule has 0 amide bonds. The summed E-state index contributed by atoms with van der Waals surface area (Å²) >= 11 is 0. The van der Waals surface area contributed by atoms with Gasteiger partial charge in [0.2, 0.25) is 0 Å². The lowest BCUT2D eigenvalue weighted by molar-refractivity contribution is -0.170. The van der Waals surface area contributed by atoms with Crippen molar-refractivity contribution in [1.29, 1.82) is 0 Å². The molecule has 1 heterocycles. The minimum Gasteiger partial charge on any atom is -0.472 e. The van der Waals surface area contributed by atoms with Crippen molar-refractivity contribution in [2.75, 3.05) is 13.2 Å². The Balaban J connectivity index is 2.22. The van der Waals surface area contributed by atoms with Gasteiger partial charge in [0.1, 0.15) is 6.61 Å². The van der Waals surface area contributed by atoms with Gasteiger partial charge in [-0.15, -0.1) is 0 Å². The lowest BCUT2D eigenvalue weighted by atomic mass is 10.1. The Morgan fingerprint density at radius 2 is 2.12 bits per heavy atom. The number of hydrogen-bond acceptors (Lipinski definition) is 3. The summed E-state index contributed by atoms with van der Waals surface area (Å²) in [5, 5.41) is 9.36. The zero-order valence-electron chi connectivity index (χ0n) is 8.78. The van der Waals surface area contributed by atoms with Gasteiger partial charge in [-0.2, -0.15) is 8.78 Å².